The van der Waals surface area contributed by atoms with Gasteiger partial charge >= 0.3 is 0 Å². The third-order valence-corrected chi connectivity index (χ3v) is 5.66. The molecule has 0 spiro atoms. The fraction of sp³-hybridized carbons (Fsp3) is 0.333. The van der Waals surface area contributed by atoms with Crippen molar-refractivity contribution in [2.24, 2.45) is 0 Å². The van der Waals surface area contributed by atoms with Crippen molar-refractivity contribution in [3.8, 4) is 17.1 Å². The largest absolute Gasteiger partial charge is 0.376 e. The van der Waals surface area contributed by atoms with Gasteiger partial charge in [-0.3, -0.25) is 14.3 Å². The quantitative estimate of drug-likeness (QED) is 0.604. The highest BCUT2D eigenvalue weighted by molar-refractivity contribution is 7.99. The van der Waals surface area contributed by atoms with E-state index >= 15 is 0 Å². The maximum absolute atomic E-state index is 12.3. The van der Waals surface area contributed by atoms with Gasteiger partial charge in [0.15, 0.2) is 11.0 Å². The zero-order valence-electron chi connectivity index (χ0n) is 16.2. The molecule has 0 saturated carbocycles. The number of amides is 1. The van der Waals surface area contributed by atoms with Crippen LogP contribution in [0.15, 0.2) is 53.9 Å². The molecule has 150 valence electrons. The molecule has 4 rings (SSSR count). The van der Waals surface area contributed by atoms with E-state index in [1.165, 1.54) is 17.3 Å². The predicted octanol–water partition coefficient (Wildman–Crippen LogP) is 3.03. The van der Waals surface area contributed by atoms with Crippen LogP contribution in [0.2, 0.25) is 0 Å². The number of rotatable bonds is 7. The van der Waals surface area contributed by atoms with Crippen molar-refractivity contribution in [3.05, 3.63) is 54.4 Å². The summed E-state index contributed by atoms with van der Waals surface area (Å²) in [4.78, 5) is 16.5. The van der Waals surface area contributed by atoms with Crippen LogP contribution in [0.3, 0.4) is 0 Å². The van der Waals surface area contributed by atoms with Gasteiger partial charge in [-0.05, 0) is 44.0 Å². The lowest BCUT2D eigenvalue weighted by Gasteiger charge is -2.12. The Balaban J connectivity index is 1.52. The summed E-state index contributed by atoms with van der Waals surface area (Å²) < 4.78 is 7.52. The standard InChI is InChI=1S/C21H23N5O2S/c1-15-6-8-17(9-7-15)26-20(16-4-2-10-22-12-16)24-25-21(26)29-14-19(27)23-13-18-5-3-11-28-18/h2,4,6-10,12,18H,3,5,11,13-14H2,1H3,(H,23,27)/t18-/m0/s1. The smallest absolute Gasteiger partial charge is 0.230 e. The van der Waals surface area contributed by atoms with Gasteiger partial charge in [-0.2, -0.15) is 0 Å². The average molecular weight is 410 g/mol. The van der Waals surface area contributed by atoms with Crippen molar-refractivity contribution >= 4 is 17.7 Å². The lowest BCUT2D eigenvalue weighted by atomic mass is 10.2. The maximum Gasteiger partial charge on any atom is 0.230 e. The number of aryl methyl sites for hydroxylation is 1. The monoisotopic (exact) mass is 409 g/mol. The van der Waals surface area contributed by atoms with Crippen LogP contribution in [0, 0.1) is 6.92 Å². The zero-order valence-corrected chi connectivity index (χ0v) is 17.1. The van der Waals surface area contributed by atoms with Gasteiger partial charge in [0, 0.05) is 36.8 Å². The second-order valence-electron chi connectivity index (χ2n) is 6.95. The first-order chi connectivity index (χ1) is 14.2. The Morgan fingerprint density at radius 2 is 2.14 bits per heavy atom. The van der Waals surface area contributed by atoms with Crippen LogP contribution in [0.5, 0.6) is 0 Å². The molecule has 8 heteroatoms. The van der Waals surface area contributed by atoms with E-state index in [4.69, 9.17) is 4.74 Å². The van der Waals surface area contributed by atoms with Crippen molar-refractivity contribution in [1.29, 1.82) is 0 Å². The number of carbonyl (C=O) groups is 1. The highest BCUT2D eigenvalue weighted by Crippen LogP contribution is 2.27. The minimum Gasteiger partial charge on any atom is -0.376 e. The first kappa shape index (κ1) is 19.6. The molecule has 3 heterocycles. The molecule has 1 amide bonds. The Morgan fingerprint density at radius 3 is 2.86 bits per heavy atom. The van der Waals surface area contributed by atoms with Gasteiger partial charge in [-0.25, -0.2) is 0 Å². The molecule has 1 saturated heterocycles. The first-order valence-corrected chi connectivity index (χ1v) is 10.6. The number of nitrogens with one attached hydrogen (secondary N) is 1. The number of benzene rings is 1. The summed E-state index contributed by atoms with van der Waals surface area (Å²) in [6.45, 7) is 3.39. The number of nitrogens with zero attached hydrogens (tertiary/aromatic N) is 4. The van der Waals surface area contributed by atoms with Gasteiger partial charge in [0.25, 0.3) is 0 Å². The zero-order chi connectivity index (χ0) is 20.1. The van der Waals surface area contributed by atoms with Crippen LogP contribution < -0.4 is 5.32 Å². The molecular formula is C21H23N5O2S. The summed E-state index contributed by atoms with van der Waals surface area (Å²) in [6.07, 6.45) is 5.69. The molecule has 1 atom stereocenters. The Morgan fingerprint density at radius 1 is 1.28 bits per heavy atom. The molecule has 0 bridgehead atoms. The molecule has 29 heavy (non-hydrogen) atoms. The Labute approximate surface area is 173 Å². The second-order valence-corrected chi connectivity index (χ2v) is 7.89. The van der Waals surface area contributed by atoms with E-state index in [0.29, 0.717) is 17.5 Å². The van der Waals surface area contributed by atoms with Gasteiger partial charge < -0.3 is 10.1 Å². The highest BCUT2D eigenvalue weighted by Gasteiger charge is 2.19. The van der Waals surface area contributed by atoms with E-state index in [1.54, 1.807) is 12.4 Å². The summed E-state index contributed by atoms with van der Waals surface area (Å²) in [5.41, 5.74) is 2.99. The Hall–Kier alpha value is -2.71. The van der Waals surface area contributed by atoms with E-state index in [0.717, 1.165) is 30.7 Å². The second kappa shape index (κ2) is 9.19. The molecule has 1 aliphatic rings. The predicted molar refractivity (Wildman–Crippen MR) is 112 cm³/mol. The van der Waals surface area contributed by atoms with Crippen LogP contribution in [0.1, 0.15) is 18.4 Å². The van der Waals surface area contributed by atoms with E-state index in [-0.39, 0.29) is 17.8 Å². The normalized spacial score (nSPS) is 16.1. The molecule has 1 fully saturated rings. The average Bonchev–Trinajstić information content (AvgIpc) is 3.42. The van der Waals surface area contributed by atoms with Gasteiger partial charge in [-0.1, -0.05) is 29.5 Å². The van der Waals surface area contributed by atoms with E-state index < -0.39 is 0 Å². The summed E-state index contributed by atoms with van der Waals surface area (Å²) >= 11 is 1.37. The number of carbonyl (C=O) groups excluding carboxylic acids is 1. The van der Waals surface area contributed by atoms with Gasteiger partial charge in [0.2, 0.25) is 5.91 Å². The molecule has 0 aliphatic carbocycles. The van der Waals surface area contributed by atoms with Crippen LogP contribution in [-0.4, -0.2) is 50.7 Å². The van der Waals surface area contributed by atoms with Crippen LogP contribution >= 0.6 is 11.8 Å². The SMILES string of the molecule is Cc1ccc(-n2c(SCC(=O)NC[C@@H]3CCCO3)nnc2-c2cccnc2)cc1. The van der Waals surface area contributed by atoms with E-state index in [9.17, 15) is 4.79 Å². The number of hydrogen-bond acceptors (Lipinski definition) is 6. The Bertz CT molecular complexity index is 953. The number of pyridine rings is 1. The molecule has 1 aromatic carbocycles. The summed E-state index contributed by atoms with van der Waals surface area (Å²) in [7, 11) is 0. The fourth-order valence-corrected chi connectivity index (χ4v) is 3.97. The molecular weight excluding hydrogens is 386 g/mol. The van der Waals surface area contributed by atoms with Crippen molar-refractivity contribution in [2.45, 2.75) is 31.0 Å². The minimum absolute atomic E-state index is 0.0353. The third kappa shape index (κ3) is 4.83. The van der Waals surface area contributed by atoms with Crippen molar-refractivity contribution in [2.75, 3.05) is 18.9 Å². The summed E-state index contributed by atoms with van der Waals surface area (Å²) in [6, 6.07) is 12.0. The maximum atomic E-state index is 12.3. The van der Waals surface area contributed by atoms with Crippen molar-refractivity contribution < 1.29 is 9.53 Å². The van der Waals surface area contributed by atoms with E-state index in [2.05, 4.69) is 20.5 Å². The van der Waals surface area contributed by atoms with Crippen LogP contribution in [0.25, 0.3) is 17.1 Å². The van der Waals surface area contributed by atoms with Crippen LogP contribution in [-0.2, 0) is 9.53 Å². The lowest BCUT2D eigenvalue weighted by Crippen LogP contribution is -2.32. The highest BCUT2D eigenvalue weighted by atomic mass is 32.2. The fourth-order valence-electron chi connectivity index (χ4n) is 3.19. The molecule has 0 unspecified atom stereocenters. The topological polar surface area (TPSA) is 81.9 Å². The third-order valence-electron chi connectivity index (χ3n) is 4.73. The van der Waals surface area contributed by atoms with Crippen molar-refractivity contribution in [3.63, 3.8) is 0 Å². The van der Waals surface area contributed by atoms with Gasteiger partial charge in [-0.15, -0.1) is 10.2 Å². The summed E-state index contributed by atoms with van der Waals surface area (Å²) in [5, 5.41) is 12.3. The minimum atomic E-state index is -0.0353. The van der Waals surface area contributed by atoms with Crippen LogP contribution in [0.4, 0.5) is 0 Å². The molecule has 1 aliphatic heterocycles. The number of thioether (sulfide) groups is 1. The first-order valence-electron chi connectivity index (χ1n) is 9.64. The molecule has 7 nitrogen and oxygen atoms in total. The molecule has 0 radical (unpaired) electrons. The number of hydrogen-bond donors (Lipinski definition) is 1. The Kier molecular flexibility index (Phi) is 6.21. The number of ether oxygens (including phenoxy) is 1. The summed E-state index contributed by atoms with van der Waals surface area (Å²) in [5.74, 6) is 0.931. The number of aromatic nitrogens is 4. The van der Waals surface area contributed by atoms with E-state index in [1.807, 2.05) is 47.9 Å². The van der Waals surface area contributed by atoms with Gasteiger partial charge in [0.1, 0.15) is 0 Å². The molecule has 2 aromatic heterocycles. The van der Waals surface area contributed by atoms with Gasteiger partial charge in [0.05, 0.1) is 11.9 Å². The molecule has 3 aromatic rings. The molecule has 1 N–H and O–H groups in total. The van der Waals surface area contributed by atoms with Crippen molar-refractivity contribution in [1.82, 2.24) is 25.1 Å². The lowest BCUT2D eigenvalue weighted by molar-refractivity contribution is -0.119.